The number of benzene rings is 2. The van der Waals surface area contributed by atoms with Crippen LogP contribution in [0, 0.1) is 5.92 Å². The molecule has 5 heteroatoms. The molecule has 0 bridgehead atoms. The molecule has 0 aromatic heterocycles. The maximum absolute atomic E-state index is 11.8. The smallest absolute Gasteiger partial charge is 0.335 e. The highest BCUT2D eigenvalue weighted by molar-refractivity contribution is 5.87. The minimum atomic E-state index is -1.31. The van der Waals surface area contributed by atoms with Crippen molar-refractivity contribution in [2.75, 3.05) is 0 Å². The molecule has 0 spiro atoms. The first-order valence-electron chi connectivity index (χ1n) is 9.23. The molecule has 2 aromatic rings. The van der Waals surface area contributed by atoms with E-state index in [-0.39, 0.29) is 17.9 Å². The van der Waals surface area contributed by atoms with Gasteiger partial charge in [0.25, 0.3) is 0 Å². The summed E-state index contributed by atoms with van der Waals surface area (Å²) in [5, 5.41) is 29.9. The lowest BCUT2D eigenvalue weighted by Gasteiger charge is -2.38. The van der Waals surface area contributed by atoms with Crippen LogP contribution < -0.4 is 0 Å². The Kier molecular flexibility index (Phi) is 7.13. The second kappa shape index (κ2) is 9.33. The molecule has 0 aliphatic carbocycles. The Morgan fingerprint density at radius 3 is 2.04 bits per heavy atom. The summed E-state index contributed by atoms with van der Waals surface area (Å²) in [5.74, 6) is -2.05. The fourth-order valence-electron chi connectivity index (χ4n) is 3.61. The minimum absolute atomic E-state index is 0.0586. The molecule has 2 rings (SSSR count). The molecule has 0 fully saturated rings. The van der Waals surface area contributed by atoms with Gasteiger partial charge >= 0.3 is 11.9 Å². The third kappa shape index (κ3) is 4.95. The van der Waals surface area contributed by atoms with Gasteiger partial charge in [-0.05, 0) is 48.4 Å². The lowest BCUT2D eigenvalue weighted by atomic mass is 9.72. The van der Waals surface area contributed by atoms with E-state index in [1.165, 1.54) is 12.1 Å². The van der Waals surface area contributed by atoms with E-state index in [1.54, 1.807) is 12.1 Å². The molecule has 2 unspecified atom stereocenters. The fraction of sp³-hybridized carbons (Fsp3) is 0.364. The minimum Gasteiger partial charge on any atom is -0.481 e. The summed E-state index contributed by atoms with van der Waals surface area (Å²) in [7, 11) is 0. The number of hydrogen-bond acceptors (Lipinski definition) is 3. The average Bonchev–Trinajstić information content (AvgIpc) is 2.67. The zero-order valence-electron chi connectivity index (χ0n) is 15.5. The SMILES string of the molecule is CCCC(CCCC(=O)O)C(O)(c1ccccc1)c1ccc(C(=O)O)cc1. The second-order valence-corrected chi connectivity index (χ2v) is 6.79. The molecule has 0 heterocycles. The molecule has 0 amide bonds. The number of aliphatic hydroxyl groups is 1. The van der Waals surface area contributed by atoms with Crippen LogP contribution in [0.25, 0.3) is 0 Å². The van der Waals surface area contributed by atoms with Gasteiger partial charge in [0, 0.05) is 6.42 Å². The predicted molar refractivity (Wildman–Crippen MR) is 103 cm³/mol. The van der Waals surface area contributed by atoms with Crippen LogP contribution in [0.3, 0.4) is 0 Å². The molecule has 5 nitrogen and oxygen atoms in total. The molecular formula is C22H26O5. The number of rotatable bonds is 10. The van der Waals surface area contributed by atoms with E-state index in [1.807, 2.05) is 37.3 Å². The first-order valence-corrected chi connectivity index (χ1v) is 9.23. The molecule has 0 aliphatic rings. The Bertz CT molecular complexity index is 754. The van der Waals surface area contributed by atoms with Crippen LogP contribution in [0.15, 0.2) is 54.6 Å². The van der Waals surface area contributed by atoms with Gasteiger partial charge < -0.3 is 15.3 Å². The van der Waals surface area contributed by atoms with Crippen molar-refractivity contribution in [2.24, 2.45) is 5.92 Å². The van der Waals surface area contributed by atoms with Gasteiger partial charge in [-0.15, -0.1) is 0 Å². The molecule has 0 radical (unpaired) electrons. The van der Waals surface area contributed by atoms with E-state index < -0.39 is 17.5 Å². The van der Waals surface area contributed by atoms with Crippen molar-refractivity contribution in [3.63, 3.8) is 0 Å². The normalized spacial score (nSPS) is 14.3. The molecule has 3 N–H and O–H groups in total. The monoisotopic (exact) mass is 370 g/mol. The van der Waals surface area contributed by atoms with Crippen molar-refractivity contribution in [3.8, 4) is 0 Å². The number of carbonyl (C=O) groups is 2. The third-order valence-electron chi connectivity index (χ3n) is 4.96. The quantitative estimate of drug-likeness (QED) is 0.580. The number of aromatic carboxylic acids is 1. The van der Waals surface area contributed by atoms with Crippen LogP contribution in [-0.2, 0) is 10.4 Å². The number of carboxylic acid groups (broad SMARTS) is 2. The lowest BCUT2D eigenvalue weighted by Crippen LogP contribution is -2.36. The van der Waals surface area contributed by atoms with E-state index >= 15 is 0 Å². The Balaban J connectivity index is 2.47. The van der Waals surface area contributed by atoms with Crippen LogP contribution in [0.5, 0.6) is 0 Å². The van der Waals surface area contributed by atoms with Crippen LogP contribution in [0.2, 0.25) is 0 Å². The Hall–Kier alpha value is -2.66. The zero-order valence-corrected chi connectivity index (χ0v) is 15.5. The van der Waals surface area contributed by atoms with Crippen molar-refractivity contribution in [1.82, 2.24) is 0 Å². The molecule has 144 valence electrons. The van der Waals surface area contributed by atoms with Crippen molar-refractivity contribution in [1.29, 1.82) is 0 Å². The van der Waals surface area contributed by atoms with Gasteiger partial charge in [0.2, 0.25) is 0 Å². The van der Waals surface area contributed by atoms with Crippen LogP contribution in [-0.4, -0.2) is 27.3 Å². The topological polar surface area (TPSA) is 94.8 Å². The number of aliphatic carboxylic acids is 1. The Morgan fingerprint density at radius 1 is 0.926 bits per heavy atom. The molecule has 0 saturated heterocycles. The zero-order chi connectivity index (χ0) is 19.9. The van der Waals surface area contributed by atoms with Gasteiger partial charge in [0.1, 0.15) is 5.60 Å². The first-order chi connectivity index (χ1) is 12.9. The fourth-order valence-corrected chi connectivity index (χ4v) is 3.61. The summed E-state index contributed by atoms with van der Waals surface area (Å²) < 4.78 is 0. The van der Waals surface area contributed by atoms with Crippen LogP contribution >= 0.6 is 0 Å². The average molecular weight is 370 g/mol. The van der Waals surface area contributed by atoms with Crippen LogP contribution in [0.4, 0.5) is 0 Å². The van der Waals surface area contributed by atoms with E-state index in [9.17, 15) is 14.7 Å². The number of hydrogen-bond donors (Lipinski definition) is 3. The Morgan fingerprint density at radius 2 is 1.52 bits per heavy atom. The van der Waals surface area contributed by atoms with E-state index in [2.05, 4.69) is 0 Å². The lowest BCUT2D eigenvalue weighted by molar-refractivity contribution is -0.137. The van der Waals surface area contributed by atoms with Crippen molar-refractivity contribution in [2.45, 2.75) is 44.6 Å². The maximum atomic E-state index is 11.8. The van der Waals surface area contributed by atoms with Crippen molar-refractivity contribution < 1.29 is 24.9 Å². The first kappa shape index (κ1) is 20.6. The van der Waals surface area contributed by atoms with Gasteiger partial charge in [0.15, 0.2) is 0 Å². The molecule has 2 atom stereocenters. The molecule has 2 aromatic carbocycles. The number of carboxylic acids is 2. The molecule has 27 heavy (non-hydrogen) atoms. The third-order valence-corrected chi connectivity index (χ3v) is 4.96. The van der Waals surface area contributed by atoms with E-state index in [4.69, 9.17) is 10.2 Å². The summed E-state index contributed by atoms with van der Waals surface area (Å²) in [6.07, 6.45) is 2.67. The maximum Gasteiger partial charge on any atom is 0.335 e. The molecule has 0 saturated carbocycles. The summed E-state index contributed by atoms with van der Waals surface area (Å²) in [6, 6.07) is 15.6. The van der Waals surface area contributed by atoms with Gasteiger partial charge in [0.05, 0.1) is 5.56 Å². The highest BCUT2D eigenvalue weighted by Crippen LogP contribution is 2.41. The van der Waals surface area contributed by atoms with Crippen molar-refractivity contribution >= 4 is 11.9 Å². The van der Waals surface area contributed by atoms with Crippen molar-refractivity contribution in [3.05, 3.63) is 71.3 Å². The van der Waals surface area contributed by atoms with E-state index in [0.29, 0.717) is 18.4 Å². The van der Waals surface area contributed by atoms with Gasteiger partial charge in [-0.2, -0.15) is 0 Å². The summed E-state index contributed by atoms with van der Waals surface area (Å²) in [4.78, 5) is 22.1. The van der Waals surface area contributed by atoms with Crippen LogP contribution in [0.1, 0.15) is 60.5 Å². The van der Waals surface area contributed by atoms with Gasteiger partial charge in [-0.25, -0.2) is 4.79 Å². The largest absolute Gasteiger partial charge is 0.481 e. The predicted octanol–water partition coefficient (Wildman–Crippen LogP) is 4.29. The molecule has 0 aliphatic heterocycles. The Labute approximate surface area is 159 Å². The highest BCUT2D eigenvalue weighted by Gasteiger charge is 2.39. The summed E-state index contributed by atoms with van der Waals surface area (Å²) in [6.45, 7) is 2.03. The molecular weight excluding hydrogens is 344 g/mol. The second-order valence-electron chi connectivity index (χ2n) is 6.79. The summed E-state index contributed by atoms with van der Waals surface area (Å²) in [5.41, 5.74) is 0.189. The standard InChI is InChI=1S/C22H26O5/c1-2-7-17(10-6-11-20(23)24)22(27,18-8-4-3-5-9-18)19-14-12-16(13-15-19)21(25)26/h3-5,8-9,12-15,17,27H,2,6-7,10-11H2,1H3,(H,23,24)(H,25,26). The van der Waals surface area contributed by atoms with E-state index in [0.717, 1.165) is 18.4 Å². The van der Waals surface area contributed by atoms with Gasteiger partial charge in [-0.1, -0.05) is 55.8 Å². The highest BCUT2D eigenvalue weighted by atomic mass is 16.4. The van der Waals surface area contributed by atoms with Gasteiger partial charge in [-0.3, -0.25) is 4.79 Å². The summed E-state index contributed by atoms with van der Waals surface area (Å²) >= 11 is 0.